The molecule has 0 saturated heterocycles. The molecule has 1 aliphatic rings. The zero-order valence-electron chi connectivity index (χ0n) is 64.0. The van der Waals surface area contributed by atoms with Crippen molar-refractivity contribution in [2.24, 2.45) is 439 Å². The van der Waals surface area contributed by atoms with Gasteiger partial charge in [0.1, 0.15) is 0 Å². The van der Waals surface area contributed by atoms with Crippen LogP contribution in [0.15, 0.2) is 493 Å². The third-order valence-electron chi connectivity index (χ3n) is 11.3. The van der Waals surface area contributed by atoms with Gasteiger partial charge in [-0.25, -0.2) is 9.97 Å². The van der Waals surface area contributed by atoms with Crippen LogP contribution in [-0.4, -0.2) is 69.8 Å². The third-order valence-corrected chi connectivity index (χ3v) is 11.3. The molecule has 2 aromatic carbocycles. The molecule has 0 saturated carbocycles. The van der Waals surface area contributed by atoms with E-state index in [9.17, 15) is 4.79 Å². The van der Waals surface area contributed by atoms with Crippen molar-refractivity contribution < 1.29 is 9.21 Å². The van der Waals surface area contributed by atoms with Gasteiger partial charge >= 0.3 is 0 Å². The molecule has 6 rings (SSSR count). The molecule has 5 aromatic rings. The van der Waals surface area contributed by atoms with Crippen molar-refractivity contribution >= 4 is 39.8 Å². The van der Waals surface area contributed by atoms with Gasteiger partial charge in [-0.15, -0.1) is 10.2 Å². The Morgan fingerprint density at radius 1 is 0.442 bits per heavy atom. The smallest absolute Gasteiger partial charge is 0.251 e. The molecule has 3 aromatic heterocycles. The summed E-state index contributed by atoms with van der Waals surface area (Å²) in [6.07, 6.45) is 7.30. The van der Waals surface area contributed by atoms with Crippen molar-refractivity contribution in [2.75, 3.05) is 49.8 Å². The molecule has 0 spiro atoms. The molecule has 5 N–H and O–H groups in total. The van der Waals surface area contributed by atoms with Crippen LogP contribution < -0.4 is 21.4 Å². The molecule has 0 aliphatic carbocycles. The molecule has 96 nitrogen and oxygen atoms in total. The topological polar surface area (TPSA) is 1190 Å². The minimum absolute atomic E-state index is 0.284. The quantitative estimate of drug-likeness (QED) is 0.0123. The zero-order valence-corrected chi connectivity index (χ0v) is 64.0. The summed E-state index contributed by atoms with van der Waals surface area (Å²) in [6.45, 7) is 10.0. The van der Waals surface area contributed by atoms with Crippen LogP contribution in [0.4, 0.5) is 23.0 Å². The highest BCUT2D eigenvalue weighted by atomic mass is 16.4. The highest BCUT2D eigenvalue weighted by Crippen LogP contribution is 2.40. The fourth-order valence-electron chi connectivity index (χ4n) is 7.13. The largest absolute Gasteiger partial charge is 0.421 e. The lowest BCUT2D eigenvalue weighted by atomic mass is 10.0. The number of amides is 1. The van der Waals surface area contributed by atoms with Crippen molar-refractivity contribution in [3.05, 3.63) is 72.4 Å². The van der Waals surface area contributed by atoms with E-state index >= 15 is 0 Å². The standard InChI is InChI=1S/C33H37N9O2.H3N85/c1-7-29(43)35-27-17-26(20(2)16-28(27)41(6)15-14-40(4)5)36-33-34-18-24(32-39-38-21(3)44-32)30(37-33)25-19-42-13-9-11-22-10-8-12-23(25)31(22)42;1-3-5-7-9-11-13-15-17-19-21-23-25-27-29-31-33-35-37-39-41-43-45-47-49-51-53-55-57-59-61-63-65-67-69-71-73-75-77-79-81-83-85-84-82-80-78-76-74-72-70-68-66-64-62-60-58-56-54-52-50-48-46-44-42-40-38-36-34-32-30-28-26-24-22-20-18-16-14-12-10-8-6-4-2/h7-8,10,12,16-19H,1,9,11,13-15H2,2-6H3,(H,35,43)(H,34,36,37);(H3,1,2,5,6,9,10,13,14,17,18,21,22,25,26,29,30,33,34,37,38,41,42,45,46,49,50,53,54,57,58,61,62,65,66,69,70,73,74,77,78,81,82,85). The Kier molecular flexibility index (Phi) is 50.7. The van der Waals surface area contributed by atoms with Crippen molar-refractivity contribution in [1.29, 1.82) is 5.53 Å². The molecule has 4 heterocycles. The lowest BCUT2D eigenvalue weighted by molar-refractivity contribution is -0.111. The van der Waals surface area contributed by atoms with Gasteiger partial charge in [-0.1, -0.05) is 30.0 Å². The van der Waals surface area contributed by atoms with Gasteiger partial charge < -0.3 is 35.3 Å². The van der Waals surface area contributed by atoms with Gasteiger partial charge in [0, 0.05) is 413 Å². The molecular formula is C33H40N94O2. The molecular weight excluding hydrogens is 1750 g/mol. The molecule has 129 heavy (non-hydrogen) atoms. The average molecular weight is 1790 g/mol. The minimum Gasteiger partial charge on any atom is -0.421 e. The monoisotopic (exact) mass is 1780 g/mol. The molecule has 654 valence electrons. The Morgan fingerprint density at radius 3 is 1.06 bits per heavy atom. The van der Waals surface area contributed by atoms with Crippen LogP contribution in [0.3, 0.4) is 0 Å². The van der Waals surface area contributed by atoms with Gasteiger partial charge in [0.15, 0.2) is 0 Å². The van der Waals surface area contributed by atoms with E-state index < -0.39 is 0 Å². The van der Waals surface area contributed by atoms with Crippen molar-refractivity contribution in [3.8, 4) is 22.7 Å². The Balaban J connectivity index is 0.000000551. The maximum Gasteiger partial charge on any atom is 0.251 e. The maximum absolute atomic E-state index is 12.4. The predicted octanol–water partition coefficient (Wildman–Crippen LogP) is 20.5. The number of likely N-dealkylation sites (N-methyl/N-ethyl adjacent to an activating group) is 2. The molecule has 0 fully saturated rings. The van der Waals surface area contributed by atoms with Crippen LogP contribution in [-0.2, 0) is 17.8 Å². The van der Waals surface area contributed by atoms with Crippen LogP contribution in [0.5, 0.6) is 0 Å². The normalized spacial score (nSPS) is 14.5. The Bertz CT molecular complexity index is 5650. The fourth-order valence-corrected chi connectivity index (χ4v) is 7.13. The number of nitrogens with zero attached hydrogens (tertiary/aromatic N) is 90. The van der Waals surface area contributed by atoms with E-state index in [0.29, 0.717) is 34.7 Å². The fraction of sp³-hybridized carbons (Fsp3) is 0.303. The highest BCUT2D eigenvalue weighted by Gasteiger charge is 2.24. The zero-order chi connectivity index (χ0) is 91.6. The first-order valence-electron chi connectivity index (χ1n) is 31.6. The summed E-state index contributed by atoms with van der Waals surface area (Å²) in [5.74, 6) is 5.59. The Morgan fingerprint density at radius 2 is 0.767 bits per heavy atom. The van der Waals surface area contributed by atoms with Crippen LogP contribution in [0, 0.1) is 19.4 Å². The maximum atomic E-state index is 12.4. The molecule has 96 heteroatoms. The van der Waals surface area contributed by atoms with Crippen LogP contribution in [0.2, 0.25) is 0 Å². The summed E-state index contributed by atoms with van der Waals surface area (Å²) in [7, 11) is 6.09. The van der Waals surface area contributed by atoms with Crippen LogP contribution in [0.25, 0.3) is 33.6 Å². The lowest BCUT2D eigenvalue weighted by Gasteiger charge is -2.25. The van der Waals surface area contributed by atoms with Crippen molar-refractivity contribution in [3.63, 3.8) is 0 Å². The second-order valence-corrected chi connectivity index (χ2v) is 18.9. The lowest BCUT2D eigenvalue weighted by Crippen LogP contribution is -2.29. The number of aryl methyl sites for hydroxylation is 4. The number of carbonyl (C=O) groups excluding carboxylic acids is 1. The van der Waals surface area contributed by atoms with E-state index in [1.54, 1.807) is 13.1 Å². The summed E-state index contributed by atoms with van der Waals surface area (Å²) < 4.78 is 8.15. The van der Waals surface area contributed by atoms with Crippen molar-refractivity contribution in [2.45, 2.75) is 33.2 Å². The number of hydrogen-bond acceptors (Lipinski definition) is 11. The average Bonchev–Trinajstić information content (AvgIpc) is 1.60. The number of rotatable bonds is 51. The number of para-hydroxylation sites is 1. The minimum atomic E-state index is -0.284. The van der Waals surface area contributed by atoms with E-state index in [4.69, 9.17) is 14.9 Å². The number of benzene rings is 2. The molecule has 1 amide bonds. The van der Waals surface area contributed by atoms with Crippen LogP contribution in [0.1, 0.15) is 23.4 Å². The molecule has 0 unspecified atom stereocenters. The van der Waals surface area contributed by atoms with Gasteiger partial charge in [0.2, 0.25) is 17.7 Å². The number of carbonyl (C=O) groups is 1. The SMILES string of the molecule is C=CC(=O)Nc1cc(Nc2ncc(-c3nnc(C)o3)c(-c3cn4c5c(cccc35)CCC4)n2)c(C)cc1N(C)CCN(C)C.N=N/N=N/N=N/N=N/N=N/N=N/N=N/N=N/N=N/N=N/N=N/N=N/N=N/N=N/N=N/N=N/N=N/N=N/N=N/N=N/N=N/N=N/N=N/N=N/N=N/N=N/N=N/N=N/N=N/N=N/N=N/N=N/N=N/N=N/N=N/N=N/N=N/N=N/N=N/N=N/N=N/N=N/N. The van der Waals surface area contributed by atoms with E-state index in [0.717, 1.165) is 60.4 Å². The molecule has 0 radical (unpaired) electrons. The second kappa shape index (κ2) is 67.0. The second-order valence-electron chi connectivity index (χ2n) is 18.9. The molecule has 0 atom stereocenters. The number of nitrogens with one attached hydrogen (secondary N) is 3. The van der Waals surface area contributed by atoms with Crippen LogP contribution >= 0.6 is 0 Å². The van der Waals surface area contributed by atoms with Gasteiger partial charge in [-0.3, -0.25) is 4.79 Å². The van der Waals surface area contributed by atoms with E-state index in [2.05, 4.69) is 517 Å². The summed E-state index contributed by atoms with van der Waals surface area (Å²) in [5.41, 5.74) is 14.5. The first-order valence-corrected chi connectivity index (χ1v) is 31.6. The summed E-state index contributed by atoms with van der Waals surface area (Å²) >= 11 is 0. The predicted molar refractivity (Wildman–Crippen MR) is 383 cm³/mol. The van der Waals surface area contributed by atoms with Gasteiger partial charge in [0.05, 0.1) is 28.1 Å². The summed E-state index contributed by atoms with van der Waals surface area (Å²) in [4.78, 5) is 26.3. The third kappa shape index (κ3) is 46.5. The number of nitrogens with two attached hydrogens (primary N) is 1. The molecule has 0 bridgehead atoms. The summed E-state index contributed by atoms with van der Waals surface area (Å²) in [6, 6.07) is 10.4. The van der Waals surface area contributed by atoms with Gasteiger partial charge in [-0.2, -0.15) is 5.53 Å². The number of hydrogen-bond donors (Lipinski definition) is 4. The van der Waals surface area contributed by atoms with Gasteiger partial charge in [0.25, 0.3) is 5.89 Å². The first kappa shape index (κ1) is 97.5. The Labute approximate surface area is 700 Å². The van der Waals surface area contributed by atoms with E-state index in [1.807, 2.05) is 34.1 Å². The first-order chi connectivity index (χ1) is 63.6. The van der Waals surface area contributed by atoms with E-state index in [-0.39, 0.29) is 5.91 Å². The van der Waals surface area contributed by atoms with E-state index in [1.165, 1.54) is 17.2 Å². The van der Waals surface area contributed by atoms with Gasteiger partial charge in [-0.05, 0) is 142 Å². The number of anilines is 4. The molecule has 1 aliphatic heterocycles. The summed E-state index contributed by atoms with van der Waals surface area (Å²) in [5, 5.41) is 263. The van der Waals surface area contributed by atoms with Crippen molar-refractivity contribution in [1.82, 2.24) is 29.6 Å². The highest BCUT2D eigenvalue weighted by molar-refractivity contribution is 6.02. The number of aromatic nitrogens is 5. The Hall–Kier alpha value is -22.0.